The molecule has 2 aliphatic heterocycles. The van der Waals surface area contributed by atoms with Crippen molar-refractivity contribution in [2.75, 3.05) is 44.8 Å². The Morgan fingerprint density at radius 3 is 2.90 bits per heavy atom. The minimum atomic E-state index is -0.639. The van der Waals surface area contributed by atoms with Crippen molar-refractivity contribution < 1.29 is 14.6 Å². The fraction of sp³-hybridized carbons (Fsp3) is 0.476. The molecule has 4 rings (SSSR count). The lowest BCUT2D eigenvalue weighted by molar-refractivity contribution is 0.00987. The lowest BCUT2D eigenvalue weighted by atomic mass is 10.00. The van der Waals surface area contributed by atoms with Crippen LogP contribution in [-0.2, 0) is 17.7 Å². The average molecular weight is 397 g/mol. The van der Waals surface area contributed by atoms with Gasteiger partial charge in [-0.1, -0.05) is 24.3 Å². The molecule has 8 heteroatoms. The highest BCUT2D eigenvalue weighted by molar-refractivity contribution is 5.92. The molecule has 0 spiro atoms. The number of likely N-dealkylation sites (N-methyl/N-ethyl adjacent to an activating group) is 1. The summed E-state index contributed by atoms with van der Waals surface area (Å²) >= 11 is 0. The number of aliphatic hydroxyl groups excluding tert-OH is 1. The molecule has 0 radical (unpaired) electrons. The number of β-amino-alcohol motifs (C(OH)–C–C–N with tert-alkyl or cyclic N) is 1. The molecule has 8 nitrogen and oxygen atoms in total. The maximum absolute atomic E-state index is 12.5. The zero-order valence-electron chi connectivity index (χ0n) is 16.6. The lowest BCUT2D eigenvalue weighted by Gasteiger charge is -2.35. The molecular weight excluding hydrogens is 370 g/mol. The van der Waals surface area contributed by atoms with Crippen molar-refractivity contribution in [3.63, 3.8) is 0 Å². The number of aromatic nitrogens is 2. The Balaban J connectivity index is 1.27. The number of rotatable bonds is 7. The van der Waals surface area contributed by atoms with E-state index < -0.39 is 6.10 Å². The number of aliphatic hydroxyl groups is 1. The van der Waals surface area contributed by atoms with E-state index in [4.69, 9.17) is 4.74 Å². The second kappa shape index (κ2) is 8.86. The number of carbonyl (C=O) groups excluding carboxylic acids is 1. The second-order valence-corrected chi connectivity index (χ2v) is 7.68. The Labute approximate surface area is 170 Å². The molecule has 1 amide bonds. The van der Waals surface area contributed by atoms with E-state index in [2.05, 4.69) is 38.4 Å². The van der Waals surface area contributed by atoms with Gasteiger partial charge in [-0.05, 0) is 17.5 Å². The predicted octanol–water partition coefficient (Wildman–Crippen LogP) is 0.461. The number of fused-ring (bicyclic) bond motifs is 1. The monoisotopic (exact) mass is 397 g/mol. The van der Waals surface area contributed by atoms with Gasteiger partial charge in [0.15, 0.2) is 0 Å². The van der Waals surface area contributed by atoms with Crippen LogP contribution in [0.25, 0.3) is 0 Å². The molecule has 0 saturated carbocycles. The normalized spacial score (nSPS) is 17.9. The van der Waals surface area contributed by atoms with Gasteiger partial charge in [-0.25, -0.2) is 9.97 Å². The van der Waals surface area contributed by atoms with Crippen LogP contribution in [-0.4, -0.2) is 77.9 Å². The SMILES string of the molecule is CN(c1cc(C(=O)NCC(O)CN2CCc3ccccc3C2)ncn1)C1COC1. The number of nitrogens with zero attached hydrogens (tertiary/aromatic N) is 4. The van der Waals surface area contributed by atoms with E-state index in [1.165, 1.54) is 17.5 Å². The highest BCUT2D eigenvalue weighted by Gasteiger charge is 2.25. The van der Waals surface area contributed by atoms with Crippen LogP contribution in [0.4, 0.5) is 5.82 Å². The Morgan fingerprint density at radius 1 is 1.34 bits per heavy atom. The number of carbonyl (C=O) groups is 1. The number of hydrogen-bond donors (Lipinski definition) is 2. The molecule has 1 aromatic carbocycles. The Kier molecular flexibility index (Phi) is 6.03. The zero-order valence-corrected chi connectivity index (χ0v) is 16.6. The molecule has 1 saturated heterocycles. The molecule has 154 valence electrons. The first-order valence-electron chi connectivity index (χ1n) is 9.98. The first kappa shape index (κ1) is 19.8. The quantitative estimate of drug-likeness (QED) is 0.701. The number of anilines is 1. The van der Waals surface area contributed by atoms with Crippen LogP contribution < -0.4 is 10.2 Å². The molecule has 0 aliphatic carbocycles. The van der Waals surface area contributed by atoms with Crippen molar-refractivity contribution in [1.82, 2.24) is 20.2 Å². The average Bonchev–Trinajstić information content (AvgIpc) is 2.70. The van der Waals surface area contributed by atoms with Gasteiger partial charge >= 0.3 is 0 Å². The largest absolute Gasteiger partial charge is 0.390 e. The molecule has 1 aromatic heterocycles. The smallest absolute Gasteiger partial charge is 0.270 e. The van der Waals surface area contributed by atoms with Crippen molar-refractivity contribution in [2.24, 2.45) is 0 Å². The molecule has 2 N–H and O–H groups in total. The highest BCUT2D eigenvalue weighted by Crippen LogP contribution is 2.19. The van der Waals surface area contributed by atoms with Gasteiger partial charge in [-0.15, -0.1) is 0 Å². The van der Waals surface area contributed by atoms with E-state index in [1.54, 1.807) is 6.07 Å². The second-order valence-electron chi connectivity index (χ2n) is 7.68. The van der Waals surface area contributed by atoms with Gasteiger partial charge in [0.05, 0.1) is 25.4 Å². The van der Waals surface area contributed by atoms with Gasteiger partial charge < -0.3 is 20.1 Å². The van der Waals surface area contributed by atoms with Crippen LogP contribution in [0.2, 0.25) is 0 Å². The van der Waals surface area contributed by atoms with Crippen LogP contribution in [0, 0.1) is 0 Å². The summed E-state index contributed by atoms with van der Waals surface area (Å²) in [6.07, 6.45) is 1.74. The molecule has 1 fully saturated rings. The summed E-state index contributed by atoms with van der Waals surface area (Å²) in [5.74, 6) is 0.376. The molecule has 1 atom stereocenters. The number of amides is 1. The minimum absolute atomic E-state index is 0.183. The Bertz CT molecular complexity index is 858. The summed E-state index contributed by atoms with van der Waals surface area (Å²) in [4.78, 5) is 25.0. The van der Waals surface area contributed by atoms with E-state index in [9.17, 15) is 9.90 Å². The molecule has 2 aliphatic rings. The van der Waals surface area contributed by atoms with Gasteiger partial charge in [0, 0.05) is 39.3 Å². The minimum Gasteiger partial charge on any atom is -0.390 e. The van der Waals surface area contributed by atoms with Crippen LogP contribution in [0.1, 0.15) is 21.6 Å². The number of ether oxygens (including phenoxy) is 1. The van der Waals surface area contributed by atoms with Crippen LogP contribution in [0.5, 0.6) is 0 Å². The van der Waals surface area contributed by atoms with Gasteiger partial charge in [-0.2, -0.15) is 0 Å². The number of benzene rings is 1. The Hall–Kier alpha value is -2.55. The fourth-order valence-corrected chi connectivity index (χ4v) is 3.67. The number of nitrogens with one attached hydrogen (secondary N) is 1. The standard InChI is InChI=1S/C21H27N5O3/c1-25(17-12-29-13-17)20-8-19(23-14-24-20)21(28)22-9-18(27)11-26-7-6-15-4-2-3-5-16(15)10-26/h2-5,8,14,17-18,27H,6-7,9-13H2,1H3,(H,22,28). The van der Waals surface area contributed by atoms with Gasteiger partial charge in [-0.3, -0.25) is 9.69 Å². The fourth-order valence-electron chi connectivity index (χ4n) is 3.67. The molecule has 29 heavy (non-hydrogen) atoms. The van der Waals surface area contributed by atoms with Crippen molar-refractivity contribution in [3.05, 3.63) is 53.5 Å². The zero-order chi connectivity index (χ0) is 20.2. The maximum Gasteiger partial charge on any atom is 0.270 e. The van der Waals surface area contributed by atoms with Crippen molar-refractivity contribution >= 4 is 11.7 Å². The summed E-state index contributed by atoms with van der Waals surface area (Å²) in [6.45, 7) is 3.77. The third kappa shape index (κ3) is 4.72. The highest BCUT2D eigenvalue weighted by atomic mass is 16.5. The number of hydrogen-bond acceptors (Lipinski definition) is 7. The predicted molar refractivity (Wildman–Crippen MR) is 109 cm³/mol. The summed E-state index contributed by atoms with van der Waals surface area (Å²) in [6, 6.07) is 10.3. The summed E-state index contributed by atoms with van der Waals surface area (Å²) in [5.41, 5.74) is 2.98. The third-order valence-corrected chi connectivity index (χ3v) is 5.59. The van der Waals surface area contributed by atoms with E-state index in [0.717, 1.165) is 19.5 Å². The first-order valence-corrected chi connectivity index (χ1v) is 9.98. The summed E-state index contributed by atoms with van der Waals surface area (Å²) < 4.78 is 5.21. The van der Waals surface area contributed by atoms with Gasteiger partial charge in [0.1, 0.15) is 17.8 Å². The van der Waals surface area contributed by atoms with Gasteiger partial charge in [0.2, 0.25) is 0 Å². The van der Waals surface area contributed by atoms with Crippen molar-refractivity contribution in [3.8, 4) is 0 Å². The molecule has 3 heterocycles. The van der Waals surface area contributed by atoms with E-state index in [-0.39, 0.29) is 18.5 Å². The summed E-state index contributed by atoms with van der Waals surface area (Å²) in [7, 11) is 1.93. The molecule has 1 unspecified atom stereocenters. The topological polar surface area (TPSA) is 90.8 Å². The van der Waals surface area contributed by atoms with Crippen LogP contribution in [0.3, 0.4) is 0 Å². The van der Waals surface area contributed by atoms with Crippen LogP contribution in [0.15, 0.2) is 36.7 Å². The maximum atomic E-state index is 12.5. The van der Waals surface area contributed by atoms with E-state index in [0.29, 0.717) is 31.3 Å². The van der Waals surface area contributed by atoms with Crippen molar-refractivity contribution in [2.45, 2.75) is 25.1 Å². The molecule has 0 bridgehead atoms. The van der Waals surface area contributed by atoms with Crippen LogP contribution >= 0.6 is 0 Å². The van der Waals surface area contributed by atoms with E-state index in [1.807, 2.05) is 18.0 Å². The van der Waals surface area contributed by atoms with Gasteiger partial charge in [0.25, 0.3) is 5.91 Å². The van der Waals surface area contributed by atoms with E-state index >= 15 is 0 Å². The Morgan fingerprint density at radius 2 is 2.14 bits per heavy atom. The first-order chi connectivity index (χ1) is 14.1. The summed E-state index contributed by atoms with van der Waals surface area (Å²) in [5, 5.41) is 13.2. The molecular formula is C21H27N5O3. The lowest BCUT2D eigenvalue weighted by Crippen LogP contribution is -2.47. The van der Waals surface area contributed by atoms with Crippen molar-refractivity contribution in [1.29, 1.82) is 0 Å². The third-order valence-electron chi connectivity index (χ3n) is 5.59. The molecule has 2 aromatic rings.